The van der Waals surface area contributed by atoms with E-state index >= 15 is 0 Å². The highest BCUT2D eigenvalue weighted by atomic mass is 35.5. The van der Waals surface area contributed by atoms with Gasteiger partial charge in [-0.3, -0.25) is 0 Å². The number of nitrogens with one attached hydrogen (secondary N) is 1. The van der Waals surface area contributed by atoms with Crippen molar-refractivity contribution in [3.8, 4) is 0 Å². The zero-order valence-corrected chi connectivity index (χ0v) is 16.7. The Morgan fingerprint density at radius 2 is 1.73 bits per heavy atom. The first-order chi connectivity index (χ1) is 12.6. The fourth-order valence-electron chi connectivity index (χ4n) is 2.52. The number of nitrogens with two attached hydrogens (primary N) is 2. The van der Waals surface area contributed by atoms with Crippen LogP contribution in [0.5, 0.6) is 0 Å². The van der Waals surface area contributed by atoms with Gasteiger partial charge >= 0.3 is 0 Å². The van der Waals surface area contributed by atoms with Crippen molar-refractivity contribution in [1.29, 1.82) is 0 Å². The average Bonchev–Trinajstić information content (AvgIpc) is 2.66. The van der Waals surface area contributed by atoms with Crippen molar-refractivity contribution in [3.05, 3.63) is 82.5 Å². The van der Waals surface area contributed by atoms with E-state index in [1.807, 2.05) is 37.3 Å². The molecular formula is C22H30ClN3. The molecule has 0 spiro atoms. The Balaban J connectivity index is 0.00000163. The van der Waals surface area contributed by atoms with Crippen molar-refractivity contribution in [3.63, 3.8) is 0 Å². The molecule has 26 heavy (non-hydrogen) atoms. The van der Waals surface area contributed by atoms with E-state index in [2.05, 4.69) is 48.3 Å². The van der Waals surface area contributed by atoms with Gasteiger partial charge in [0.05, 0.1) is 0 Å². The summed E-state index contributed by atoms with van der Waals surface area (Å²) >= 11 is 6.28. The zero-order valence-electron chi connectivity index (χ0n) is 15.9. The summed E-state index contributed by atoms with van der Waals surface area (Å²) in [6, 6.07) is 16.3. The lowest BCUT2D eigenvalue weighted by molar-refractivity contribution is 0.979. The summed E-state index contributed by atoms with van der Waals surface area (Å²) in [5.74, 6) is 0. The van der Waals surface area contributed by atoms with E-state index in [1.165, 1.54) is 7.05 Å². The lowest BCUT2D eigenvalue weighted by Gasteiger charge is -2.13. The first-order valence-electron chi connectivity index (χ1n) is 8.90. The van der Waals surface area contributed by atoms with Crippen LogP contribution in [-0.4, -0.2) is 13.6 Å². The van der Waals surface area contributed by atoms with Gasteiger partial charge < -0.3 is 16.8 Å². The molecule has 0 aliphatic heterocycles. The Kier molecular flexibility index (Phi) is 10.2. The minimum atomic E-state index is 0.765. The van der Waals surface area contributed by atoms with E-state index in [0.717, 1.165) is 52.5 Å². The van der Waals surface area contributed by atoms with Crippen LogP contribution in [-0.2, 0) is 6.42 Å². The smallest absolute Gasteiger partial charge is 0.0441 e. The minimum absolute atomic E-state index is 0.765. The standard InChI is InChI=1S/C21H25ClN2.CH5N/c1-3-14-24-21-11-7-5-9-19(21)18(15-16(2)23)13-12-17-8-4-6-10-20(17)22;1-2/h4-11,13,15,24H,3,12,14,23H2,1-2H3;2H2,1H3/b16-15-,18-13+;. The summed E-state index contributed by atoms with van der Waals surface area (Å²) in [7, 11) is 1.50. The maximum Gasteiger partial charge on any atom is 0.0441 e. The normalized spacial score (nSPS) is 11.6. The largest absolute Gasteiger partial charge is 0.402 e. The fourth-order valence-corrected chi connectivity index (χ4v) is 2.74. The van der Waals surface area contributed by atoms with Gasteiger partial charge in [0.1, 0.15) is 0 Å². The molecule has 0 fully saturated rings. The molecule has 2 aromatic carbocycles. The number of halogens is 1. The van der Waals surface area contributed by atoms with Gasteiger partial charge in [0.25, 0.3) is 0 Å². The maximum atomic E-state index is 6.28. The molecule has 0 saturated carbocycles. The van der Waals surface area contributed by atoms with Crippen LogP contribution in [0.25, 0.3) is 5.57 Å². The van der Waals surface area contributed by atoms with Crippen LogP contribution in [0.15, 0.2) is 66.4 Å². The minimum Gasteiger partial charge on any atom is -0.402 e. The second kappa shape index (κ2) is 12.2. The SMILES string of the molecule is CCCNc1ccccc1C(/C=C(/C)N)=C/Cc1ccccc1Cl.CN. The van der Waals surface area contributed by atoms with Gasteiger partial charge in [0, 0.05) is 28.5 Å². The van der Waals surface area contributed by atoms with E-state index in [0.29, 0.717) is 0 Å². The number of anilines is 1. The summed E-state index contributed by atoms with van der Waals surface area (Å²) < 4.78 is 0. The third-order valence-electron chi connectivity index (χ3n) is 3.69. The molecule has 0 amide bonds. The lowest BCUT2D eigenvalue weighted by atomic mass is 9.99. The van der Waals surface area contributed by atoms with Crippen LogP contribution in [0.1, 0.15) is 31.4 Å². The van der Waals surface area contributed by atoms with Crippen molar-refractivity contribution < 1.29 is 0 Å². The predicted molar refractivity (Wildman–Crippen MR) is 116 cm³/mol. The molecule has 0 heterocycles. The van der Waals surface area contributed by atoms with Gasteiger partial charge in [-0.15, -0.1) is 0 Å². The molecule has 0 saturated heterocycles. The number of hydrogen-bond acceptors (Lipinski definition) is 3. The van der Waals surface area contributed by atoms with Crippen LogP contribution < -0.4 is 16.8 Å². The molecule has 0 aliphatic rings. The number of benzene rings is 2. The van der Waals surface area contributed by atoms with Crippen molar-refractivity contribution in [2.45, 2.75) is 26.7 Å². The Labute approximate surface area is 162 Å². The zero-order chi connectivity index (χ0) is 19.4. The Hall–Kier alpha value is -2.23. The first-order valence-corrected chi connectivity index (χ1v) is 9.28. The van der Waals surface area contributed by atoms with E-state index in [1.54, 1.807) is 0 Å². The summed E-state index contributed by atoms with van der Waals surface area (Å²) in [6.45, 7) is 5.01. The number of allylic oxidation sites excluding steroid dienone is 4. The van der Waals surface area contributed by atoms with Gasteiger partial charge in [0.15, 0.2) is 0 Å². The fraction of sp³-hybridized carbons (Fsp3) is 0.273. The Morgan fingerprint density at radius 1 is 1.08 bits per heavy atom. The molecule has 3 nitrogen and oxygen atoms in total. The molecule has 2 aromatic rings. The molecule has 0 unspecified atom stereocenters. The molecule has 140 valence electrons. The molecule has 0 bridgehead atoms. The highest BCUT2D eigenvalue weighted by Gasteiger charge is 2.06. The molecule has 0 aromatic heterocycles. The van der Waals surface area contributed by atoms with Crippen molar-refractivity contribution >= 4 is 22.9 Å². The molecule has 0 radical (unpaired) electrons. The summed E-state index contributed by atoms with van der Waals surface area (Å²) in [4.78, 5) is 0. The third kappa shape index (κ3) is 6.95. The van der Waals surface area contributed by atoms with E-state index in [-0.39, 0.29) is 0 Å². The molecular weight excluding hydrogens is 342 g/mol. The quantitative estimate of drug-likeness (QED) is 0.584. The van der Waals surface area contributed by atoms with E-state index in [9.17, 15) is 0 Å². The van der Waals surface area contributed by atoms with Crippen LogP contribution in [0.4, 0.5) is 5.69 Å². The van der Waals surface area contributed by atoms with Crippen LogP contribution in [0, 0.1) is 0 Å². The first kappa shape index (κ1) is 21.8. The van der Waals surface area contributed by atoms with Crippen LogP contribution >= 0.6 is 11.6 Å². The molecule has 5 N–H and O–H groups in total. The van der Waals surface area contributed by atoms with Gasteiger partial charge in [-0.1, -0.05) is 61.0 Å². The van der Waals surface area contributed by atoms with Gasteiger partial charge in [0.2, 0.25) is 0 Å². The van der Waals surface area contributed by atoms with Crippen molar-refractivity contribution in [2.24, 2.45) is 11.5 Å². The topological polar surface area (TPSA) is 64.1 Å². The second-order valence-corrected chi connectivity index (χ2v) is 6.22. The van der Waals surface area contributed by atoms with Gasteiger partial charge in [-0.05, 0) is 56.2 Å². The second-order valence-electron chi connectivity index (χ2n) is 5.82. The predicted octanol–water partition coefficient (Wildman–Crippen LogP) is 5.23. The van der Waals surface area contributed by atoms with Crippen LogP contribution in [0.3, 0.4) is 0 Å². The lowest BCUT2D eigenvalue weighted by Crippen LogP contribution is -2.03. The Bertz CT molecular complexity index is 732. The number of hydrogen-bond donors (Lipinski definition) is 3. The summed E-state index contributed by atoms with van der Waals surface area (Å²) in [5, 5.41) is 4.28. The molecule has 2 rings (SSSR count). The third-order valence-corrected chi connectivity index (χ3v) is 4.06. The van der Waals surface area contributed by atoms with Crippen LogP contribution in [0.2, 0.25) is 5.02 Å². The summed E-state index contributed by atoms with van der Waals surface area (Å²) in [5.41, 5.74) is 15.7. The monoisotopic (exact) mass is 371 g/mol. The van der Waals surface area contributed by atoms with Crippen molar-refractivity contribution in [2.75, 3.05) is 18.9 Å². The highest BCUT2D eigenvalue weighted by Crippen LogP contribution is 2.27. The molecule has 4 heteroatoms. The maximum absolute atomic E-state index is 6.28. The number of para-hydroxylation sites is 1. The summed E-state index contributed by atoms with van der Waals surface area (Å²) in [6.07, 6.45) is 6.05. The van der Waals surface area contributed by atoms with Gasteiger partial charge in [-0.2, -0.15) is 0 Å². The highest BCUT2D eigenvalue weighted by molar-refractivity contribution is 6.31. The Morgan fingerprint density at radius 3 is 2.38 bits per heavy atom. The van der Waals surface area contributed by atoms with E-state index < -0.39 is 0 Å². The van der Waals surface area contributed by atoms with E-state index in [4.69, 9.17) is 17.3 Å². The van der Waals surface area contributed by atoms with Gasteiger partial charge in [-0.25, -0.2) is 0 Å². The van der Waals surface area contributed by atoms with Crippen molar-refractivity contribution in [1.82, 2.24) is 0 Å². The molecule has 0 aliphatic carbocycles. The average molecular weight is 372 g/mol. The molecule has 0 atom stereocenters. The number of rotatable bonds is 7.